The molecule has 0 radical (unpaired) electrons. The molecule has 1 aromatic heterocycles. The van der Waals surface area contributed by atoms with E-state index in [2.05, 4.69) is 26.1 Å². The van der Waals surface area contributed by atoms with Gasteiger partial charge in [0.2, 0.25) is 0 Å². The van der Waals surface area contributed by atoms with Crippen molar-refractivity contribution in [2.75, 3.05) is 4.90 Å². The normalized spacial score (nSPS) is 16.0. The van der Waals surface area contributed by atoms with E-state index in [9.17, 15) is 14.9 Å². The van der Waals surface area contributed by atoms with Crippen LogP contribution in [0.25, 0.3) is 0 Å². The van der Waals surface area contributed by atoms with Gasteiger partial charge in [0.25, 0.3) is 11.6 Å². The number of nitro benzene ring substituents is 1. The molecule has 1 amide bonds. The average molecular weight is 413 g/mol. The number of H-pyrrole nitrogens is 1. The van der Waals surface area contributed by atoms with Crippen LogP contribution in [0.1, 0.15) is 33.4 Å². The topological polar surface area (TPSA) is 92.1 Å². The van der Waals surface area contributed by atoms with Gasteiger partial charge in [-0.05, 0) is 48.9 Å². The highest BCUT2D eigenvalue weighted by atomic mass is 79.9. The van der Waals surface area contributed by atoms with Crippen molar-refractivity contribution in [1.82, 2.24) is 10.2 Å². The molecule has 0 saturated heterocycles. The summed E-state index contributed by atoms with van der Waals surface area (Å²) in [6.07, 6.45) is 0. The molecule has 26 heavy (non-hydrogen) atoms. The minimum atomic E-state index is -0.440. The summed E-state index contributed by atoms with van der Waals surface area (Å²) in [5, 5.41) is 18.0. The molecule has 4 rings (SSSR count). The number of aromatic amines is 1. The number of nitrogens with one attached hydrogen (secondary N) is 1. The summed E-state index contributed by atoms with van der Waals surface area (Å²) in [5.74, 6) is -0.199. The lowest BCUT2D eigenvalue weighted by molar-refractivity contribution is -0.384. The van der Waals surface area contributed by atoms with E-state index >= 15 is 0 Å². The number of rotatable bonds is 3. The summed E-state index contributed by atoms with van der Waals surface area (Å²) in [4.78, 5) is 25.1. The Kier molecular flexibility index (Phi) is 3.84. The van der Waals surface area contributed by atoms with Gasteiger partial charge in [-0.3, -0.25) is 24.9 Å². The summed E-state index contributed by atoms with van der Waals surface area (Å²) in [7, 11) is 0. The fraction of sp³-hybridized carbons (Fsp3) is 0.111. The van der Waals surface area contributed by atoms with Gasteiger partial charge >= 0.3 is 0 Å². The lowest BCUT2D eigenvalue weighted by atomic mass is 9.98. The number of hydrogen-bond acceptors (Lipinski definition) is 4. The molecule has 1 N–H and O–H groups in total. The SMILES string of the molecule is Cc1[nH]nc2c1C(c1ccc([N+](=O)[O-])cc1)N(c1ccc(Br)cc1)C2=O. The standard InChI is InChI=1S/C18H13BrN4O3/c1-10-15-16(21-20-10)18(24)22(13-8-4-12(19)5-9-13)17(15)11-2-6-14(7-3-11)23(25)26/h2-9,17H,1H3,(H,20,21). The number of hydrogen-bond donors (Lipinski definition) is 1. The first kappa shape index (κ1) is 16.5. The number of fused-ring (bicyclic) bond motifs is 1. The first-order valence-corrected chi connectivity index (χ1v) is 8.65. The summed E-state index contributed by atoms with van der Waals surface area (Å²) in [6.45, 7) is 1.86. The average Bonchev–Trinajstić information content (AvgIpc) is 3.15. The van der Waals surface area contributed by atoms with Gasteiger partial charge in [-0.25, -0.2) is 0 Å². The van der Waals surface area contributed by atoms with Crippen LogP contribution in [0.3, 0.4) is 0 Å². The van der Waals surface area contributed by atoms with Gasteiger partial charge in [-0.15, -0.1) is 0 Å². The zero-order chi connectivity index (χ0) is 18.4. The molecule has 0 fully saturated rings. The fourth-order valence-corrected chi connectivity index (χ4v) is 3.52. The Hall–Kier alpha value is -3.00. The van der Waals surface area contributed by atoms with Crippen LogP contribution < -0.4 is 4.90 Å². The maximum absolute atomic E-state index is 13.0. The minimum Gasteiger partial charge on any atom is -0.295 e. The van der Waals surface area contributed by atoms with Crippen LogP contribution in [0, 0.1) is 17.0 Å². The lowest BCUT2D eigenvalue weighted by Crippen LogP contribution is -2.29. The number of nitro groups is 1. The van der Waals surface area contributed by atoms with E-state index in [1.807, 2.05) is 31.2 Å². The second-order valence-electron chi connectivity index (χ2n) is 6.01. The Balaban J connectivity index is 1.86. The Morgan fingerprint density at radius 3 is 2.42 bits per heavy atom. The van der Waals surface area contributed by atoms with E-state index in [1.165, 1.54) is 12.1 Å². The van der Waals surface area contributed by atoms with Gasteiger partial charge in [0, 0.05) is 33.6 Å². The van der Waals surface area contributed by atoms with Crippen LogP contribution in [-0.4, -0.2) is 21.0 Å². The number of benzene rings is 2. The van der Waals surface area contributed by atoms with Crippen LogP contribution in [-0.2, 0) is 0 Å². The molecule has 0 bridgehead atoms. The molecule has 2 aromatic carbocycles. The molecule has 1 atom stereocenters. The number of anilines is 1. The van der Waals surface area contributed by atoms with Crippen molar-refractivity contribution in [1.29, 1.82) is 0 Å². The van der Waals surface area contributed by atoms with Gasteiger partial charge < -0.3 is 0 Å². The second kappa shape index (κ2) is 6.06. The predicted molar refractivity (Wildman–Crippen MR) is 99.2 cm³/mol. The first-order valence-electron chi connectivity index (χ1n) is 7.85. The number of aryl methyl sites for hydroxylation is 1. The van der Waals surface area contributed by atoms with Gasteiger partial charge in [-0.1, -0.05) is 15.9 Å². The highest BCUT2D eigenvalue weighted by molar-refractivity contribution is 9.10. The maximum atomic E-state index is 13.0. The summed E-state index contributed by atoms with van der Waals surface area (Å²) >= 11 is 3.40. The van der Waals surface area contributed by atoms with E-state index < -0.39 is 11.0 Å². The quantitative estimate of drug-likeness (QED) is 0.516. The number of nitrogens with zero attached hydrogens (tertiary/aromatic N) is 3. The molecule has 1 aliphatic heterocycles. The van der Waals surface area contributed by atoms with Crippen LogP contribution in [0.15, 0.2) is 53.0 Å². The van der Waals surface area contributed by atoms with Crippen molar-refractivity contribution in [3.05, 3.63) is 85.6 Å². The van der Waals surface area contributed by atoms with Crippen molar-refractivity contribution >= 4 is 33.2 Å². The lowest BCUT2D eigenvalue weighted by Gasteiger charge is -2.26. The first-order chi connectivity index (χ1) is 12.5. The van der Waals surface area contributed by atoms with Crippen molar-refractivity contribution in [2.24, 2.45) is 0 Å². The molecular weight excluding hydrogens is 400 g/mol. The Morgan fingerprint density at radius 2 is 1.81 bits per heavy atom. The highest BCUT2D eigenvalue weighted by Crippen LogP contribution is 2.42. The molecule has 8 heteroatoms. The minimum absolute atomic E-state index is 0.0115. The Bertz CT molecular complexity index is 1010. The second-order valence-corrected chi connectivity index (χ2v) is 6.93. The van der Waals surface area contributed by atoms with Crippen molar-refractivity contribution < 1.29 is 9.72 Å². The Morgan fingerprint density at radius 1 is 1.15 bits per heavy atom. The largest absolute Gasteiger partial charge is 0.295 e. The van der Waals surface area contributed by atoms with Gasteiger partial charge in [-0.2, -0.15) is 5.10 Å². The fourth-order valence-electron chi connectivity index (χ4n) is 3.26. The van der Waals surface area contributed by atoms with Gasteiger partial charge in [0.15, 0.2) is 5.69 Å². The molecule has 0 spiro atoms. The molecule has 1 unspecified atom stereocenters. The third kappa shape index (κ3) is 2.50. The molecule has 0 saturated carbocycles. The number of aromatic nitrogens is 2. The number of halogens is 1. The smallest absolute Gasteiger partial charge is 0.279 e. The van der Waals surface area contributed by atoms with Gasteiger partial charge in [0.1, 0.15) is 0 Å². The van der Waals surface area contributed by atoms with Crippen LogP contribution in [0.5, 0.6) is 0 Å². The summed E-state index contributed by atoms with van der Waals surface area (Å²) in [5.41, 5.74) is 3.52. The Labute approximate surface area is 156 Å². The van der Waals surface area contributed by atoms with Crippen LogP contribution >= 0.6 is 15.9 Å². The molecule has 0 aliphatic carbocycles. The van der Waals surface area contributed by atoms with E-state index in [0.717, 1.165) is 27.0 Å². The van der Waals surface area contributed by atoms with Gasteiger partial charge in [0.05, 0.1) is 11.0 Å². The molecule has 2 heterocycles. The molecule has 1 aliphatic rings. The predicted octanol–water partition coefficient (Wildman–Crippen LogP) is 4.14. The maximum Gasteiger partial charge on any atom is 0.279 e. The van der Waals surface area contributed by atoms with E-state index in [0.29, 0.717) is 5.69 Å². The van der Waals surface area contributed by atoms with E-state index in [1.54, 1.807) is 17.0 Å². The zero-order valence-electron chi connectivity index (χ0n) is 13.6. The van der Waals surface area contributed by atoms with Crippen molar-refractivity contribution in [2.45, 2.75) is 13.0 Å². The summed E-state index contributed by atoms with van der Waals surface area (Å²) < 4.78 is 0.911. The monoisotopic (exact) mass is 412 g/mol. The van der Waals surface area contributed by atoms with Crippen molar-refractivity contribution in [3.8, 4) is 0 Å². The van der Waals surface area contributed by atoms with Crippen LogP contribution in [0.4, 0.5) is 11.4 Å². The molecule has 130 valence electrons. The third-order valence-corrected chi connectivity index (χ3v) is 5.00. The molecule has 3 aromatic rings. The van der Waals surface area contributed by atoms with Crippen molar-refractivity contribution in [3.63, 3.8) is 0 Å². The number of carbonyl (C=O) groups excluding carboxylic acids is 1. The summed E-state index contributed by atoms with van der Waals surface area (Å²) in [6, 6.07) is 13.3. The number of amides is 1. The van der Waals surface area contributed by atoms with E-state index in [4.69, 9.17) is 0 Å². The molecule has 7 nitrogen and oxygen atoms in total. The van der Waals surface area contributed by atoms with E-state index in [-0.39, 0.29) is 11.6 Å². The highest BCUT2D eigenvalue weighted by Gasteiger charge is 2.42. The number of carbonyl (C=O) groups is 1. The molecular formula is C18H13BrN4O3. The van der Waals surface area contributed by atoms with Crippen LogP contribution in [0.2, 0.25) is 0 Å². The zero-order valence-corrected chi connectivity index (χ0v) is 15.2. The third-order valence-electron chi connectivity index (χ3n) is 4.47. The number of non-ortho nitro benzene ring substituents is 1.